The Hall–Kier alpha value is -2.21. The van der Waals surface area contributed by atoms with Crippen LogP contribution in [0, 0.1) is 5.92 Å². The van der Waals surface area contributed by atoms with Crippen molar-refractivity contribution in [2.24, 2.45) is 11.7 Å². The van der Waals surface area contributed by atoms with Crippen molar-refractivity contribution >= 4 is 11.6 Å². The lowest BCUT2D eigenvalue weighted by atomic mass is 10.0. The minimum atomic E-state index is 0.00482. The zero-order valence-electron chi connectivity index (χ0n) is 12.2. The van der Waals surface area contributed by atoms with Gasteiger partial charge >= 0.3 is 0 Å². The number of nitrogens with one attached hydrogen (secondary N) is 1. The summed E-state index contributed by atoms with van der Waals surface area (Å²) in [6, 6.07) is 7.74. The molecule has 0 saturated heterocycles. The fourth-order valence-electron chi connectivity index (χ4n) is 2.12. The molecule has 1 atom stereocenters. The molecule has 2 aromatic rings. The topological polar surface area (TPSA) is 85.8 Å². The van der Waals surface area contributed by atoms with Crippen LogP contribution < -0.4 is 11.1 Å². The summed E-state index contributed by atoms with van der Waals surface area (Å²) < 4.78 is 1.74. The number of hydrogen-bond donors (Lipinski definition) is 2. The Morgan fingerprint density at radius 3 is 3.00 bits per heavy atom. The number of anilines is 1. The van der Waals surface area contributed by atoms with Gasteiger partial charge in [-0.05, 0) is 30.2 Å². The maximum Gasteiger partial charge on any atom is 0.224 e. The summed E-state index contributed by atoms with van der Waals surface area (Å²) in [7, 11) is 0. The number of nitrogens with zero attached hydrogens (tertiary/aromatic N) is 3. The lowest BCUT2D eigenvalue weighted by Gasteiger charge is -2.12. The van der Waals surface area contributed by atoms with E-state index in [0.717, 1.165) is 17.7 Å². The summed E-state index contributed by atoms with van der Waals surface area (Å²) in [6.45, 7) is 3.21. The highest BCUT2D eigenvalue weighted by Gasteiger charge is 2.10. The number of carbonyl (C=O) groups is 1. The van der Waals surface area contributed by atoms with Gasteiger partial charge in [0.15, 0.2) is 0 Å². The highest BCUT2D eigenvalue weighted by molar-refractivity contribution is 5.90. The normalized spacial score (nSPS) is 12.1. The third-order valence-electron chi connectivity index (χ3n) is 3.41. The number of amides is 1. The van der Waals surface area contributed by atoms with Crippen molar-refractivity contribution in [2.75, 3.05) is 11.9 Å². The smallest absolute Gasteiger partial charge is 0.224 e. The minimum absolute atomic E-state index is 0.00482. The fourth-order valence-corrected chi connectivity index (χ4v) is 2.12. The molecule has 0 spiro atoms. The molecule has 0 fully saturated rings. The van der Waals surface area contributed by atoms with Gasteiger partial charge in [0.1, 0.15) is 12.7 Å². The Morgan fingerprint density at radius 2 is 2.33 bits per heavy atom. The molecule has 1 heterocycles. The zero-order valence-corrected chi connectivity index (χ0v) is 12.2. The van der Waals surface area contributed by atoms with Crippen molar-refractivity contribution in [3.8, 4) is 0 Å². The van der Waals surface area contributed by atoms with Crippen molar-refractivity contribution in [1.29, 1.82) is 0 Å². The molecule has 0 aliphatic rings. The standard InChI is InChI=1S/C15H21N5O/c1-2-12(8-16)7-15(21)19-14-5-3-4-13(6-14)9-20-11-17-10-18-20/h3-6,10-12H,2,7-9,16H2,1H3,(H,19,21). The number of carbonyl (C=O) groups excluding carboxylic acids is 1. The van der Waals surface area contributed by atoms with E-state index in [2.05, 4.69) is 15.4 Å². The molecular weight excluding hydrogens is 266 g/mol. The molecule has 112 valence electrons. The van der Waals surface area contributed by atoms with E-state index in [4.69, 9.17) is 5.73 Å². The van der Waals surface area contributed by atoms with Crippen LogP contribution in [0.25, 0.3) is 0 Å². The van der Waals surface area contributed by atoms with Crippen LogP contribution in [0.2, 0.25) is 0 Å². The van der Waals surface area contributed by atoms with Gasteiger partial charge in [-0.15, -0.1) is 0 Å². The van der Waals surface area contributed by atoms with Crippen LogP contribution in [-0.2, 0) is 11.3 Å². The van der Waals surface area contributed by atoms with E-state index in [-0.39, 0.29) is 11.8 Å². The van der Waals surface area contributed by atoms with Gasteiger partial charge in [0, 0.05) is 12.1 Å². The molecule has 1 amide bonds. The van der Waals surface area contributed by atoms with Crippen LogP contribution in [0.15, 0.2) is 36.9 Å². The van der Waals surface area contributed by atoms with Gasteiger partial charge in [-0.2, -0.15) is 5.10 Å². The SMILES string of the molecule is CCC(CN)CC(=O)Nc1cccc(Cn2cncn2)c1. The van der Waals surface area contributed by atoms with Crippen LogP contribution >= 0.6 is 0 Å². The van der Waals surface area contributed by atoms with Gasteiger partial charge in [-0.3, -0.25) is 4.79 Å². The fraction of sp³-hybridized carbons (Fsp3) is 0.400. The van der Waals surface area contributed by atoms with E-state index in [0.29, 0.717) is 19.5 Å². The van der Waals surface area contributed by atoms with E-state index in [1.54, 1.807) is 11.0 Å². The van der Waals surface area contributed by atoms with Crippen LogP contribution in [0.4, 0.5) is 5.69 Å². The summed E-state index contributed by atoms with van der Waals surface area (Å²) in [5.41, 5.74) is 7.48. The Kier molecular flexibility index (Phi) is 5.45. The molecule has 0 saturated carbocycles. The molecule has 1 aromatic heterocycles. The van der Waals surface area contributed by atoms with E-state index in [1.165, 1.54) is 6.33 Å². The van der Waals surface area contributed by atoms with Crippen molar-refractivity contribution < 1.29 is 4.79 Å². The van der Waals surface area contributed by atoms with Gasteiger partial charge in [0.05, 0.1) is 6.54 Å². The molecule has 6 nitrogen and oxygen atoms in total. The predicted molar refractivity (Wildman–Crippen MR) is 81.6 cm³/mol. The quantitative estimate of drug-likeness (QED) is 0.810. The molecule has 3 N–H and O–H groups in total. The molecule has 0 aliphatic carbocycles. The molecule has 0 bridgehead atoms. The molecule has 21 heavy (non-hydrogen) atoms. The van der Waals surface area contributed by atoms with Crippen molar-refractivity contribution in [2.45, 2.75) is 26.3 Å². The van der Waals surface area contributed by atoms with Crippen molar-refractivity contribution in [1.82, 2.24) is 14.8 Å². The van der Waals surface area contributed by atoms with Gasteiger partial charge in [0.2, 0.25) is 5.91 Å². The lowest BCUT2D eigenvalue weighted by molar-refractivity contribution is -0.117. The predicted octanol–water partition coefficient (Wildman–Crippen LogP) is 1.64. The largest absolute Gasteiger partial charge is 0.330 e. The van der Waals surface area contributed by atoms with Gasteiger partial charge in [-0.1, -0.05) is 25.5 Å². The van der Waals surface area contributed by atoms with E-state index in [9.17, 15) is 4.79 Å². The van der Waals surface area contributed by atoms with Gasteiger partial charge < -0.3 is 11.1 Å². The maximum atomic E-state index is 12.0. The summed E-state index contributed by atoms with van der Waals surface area (Å²) in [5.74, 6) is 0.244. The molecule has 1 unspecified atom stereocenters. The van der Waals surface area contributed by atoms with Crippen molar-refractivity contribution in [3.05, 3.63) is 42.5 Å². The number of rotatable bonds is 7. The van der Waals surface area contributed by atoms with Crippen LogP contribution in [0.5, 0.6) is 0 Å². The Balaban J connectivity index is 1.96. The molecule has 2 rings (SSSR count). The molecular formula is C15H21N5O. The third-order valence-corrected chi connectivity index (χ3v) is 3.41. The maximum absolute atomic E-state index is 12.0. The average molecular weight is 287 g/mol. The minimum Gasteiger partial charge on any atom is -0.330 e. The van der Waals surface area contributed by atoms with Crippen LogP contribution in [0.1, 0.15) is 25.3 Å². The van der Waals surface area contributed by atoms with E-state index >= 15 is 0 Å². The zero-order chi connectivity index (χ0) is 15.1. The van der Waals surface area contributed by atoms with Crippen LogP contribution in [-0.4, -0.2) is 27.2 Å². The van der Waals surface area contributed by atoms with Gasteiger partial charge in [0.25, 0.3) is 0 Å². The molecule has 0 aliphatic heterocycles. The second-order valence-electron chi connectivity index (χ2n) is 5.06. The van der Waals surface area contributed by atoms with Crippen LogP contribution in [0.3, 0.4) is 0 Å². The number of aromatic nitrogens is 3. The molecule has 1 aromatic carbocycles. The monoisotopic (exact) mass is 287 g/mol. The summed E-state index contributed by atoms with van der Waals surface area (Å²) >= 11 is 0. The Bertz CT molecular complexity index is 563. The average Bonchev–Trinajstić information content (AvgIpc) is 2.98. The first kappa shape index (κ1) is 15.2. The second-order valence-corrected chi connectivity index (χ2v) is 5.06. The number of hydrogen-bond acceptors (Lipinski definition) is 4. The second kappa shape index (κ2) is 7.54. The van der Waals surface area contributed by atoms with Crippen molar-refractivity contribution in [3.63, 3.8) is 0 Å². The Labute approximate surface area is 124 Å². The third kappa shape index (κ3) is 4.68. The van der Waals surface area contributed by atoms with Gasteiger partial charge in [-0.25, -0.2) is 9.67 Å². The first-order chi connectivity index (χ1) is 10.2. The van der Waals surface area contributed by atoms with E-state index < -0.39 is 0 Å². The molecule has 0 radical (unpaired) electrons. The lowest BCUT2D eigenvalue weighted by Crippen LogP contribution is -2.21. The molecule has 6 heteroatoms. The first-order valence-electron chi connectivity index (χ1n) is 7.12. The number of benzene rings is 1. The first-order valence-corrected chi connectivity index (χ1v) is 7.12. The summed E-state index contributed by atoms with van der Waals surface area (Å²) in [5, 5.41) is 6.99. The number of nitrogens with two attached hydrogens (primary N) is 1. The highest BCUT2D eigenvalue weighted by Crippen LogP contribution is 2.14. The Morgan fingerprint density at radius 1 is 1.48 bits per heavy atom. The highest BCUT2D eigenvalue weighted by atomic mass is 16.1. The summed E-state index contributed by atoms with van der Waals surface area (Å²) in [6.07, 6.45) is 4.54. The summed E-state index contributed by atoms with van der Waals surface area (Å²) in [4.78, 5) is 15.9. The van der Waals surface area contributed by atoms with E-state index in [1.807, 2.05) is 31.2 Å².